The summed E-state index contributed by atoms with van der Waals surface area (Å²) in [7, 11) is 1.62. The summed E-state index contributed by atoms with van der Waals surface area (Å²) in [5.74, 6) is 0.635. The standard InChI is InChI=1S/C16H16ClN3O/c1-21-16-6-11(4-5-19-16)8-18-9-12-10-20-15-7-13(17)2-3-14(12)15/h2-7,10,18,20H,8-9H2,1H3. The molecule has 0 amide bonds. The van der Waals surface area contributed by atoms with Gasteiger partial charge < -0.3 is 15.0 Å². The minimum Gasteiger partial charge on any atom is -0.481 e. The minimum atomic E-state index is 0.635. The van der Waals surface area contributed by atoms with E-state index < -0.39 is 0 Å². The molecule has 1 aromatic carbocycles. The molecular formula is C16H16ClN3O. The van der Waals surface area contributed by atoms with Crippen molar-refractivity contribution in [2.24, 2.45) is 0 Å². The van der Waals surface area contributed by atoms with Crippen LogP contribution in [0.5, 0.6) is 5.88 Å². The fourth-order valence-corrected chi connectivity index (χ4v) is 2.49. The number of pyridine rings is 1. The van der Waals surface area contributed by atoms with E-state index >= 15 is 0 Å². The number of ether oxygens (including phenoxy) is 1. The fraction of sp³-hybridized carbons (Fsp3) is 0.188. The van der Waals surface area contributed by atoms with Crippen LogP contribution in [0.2, 0.25) is 5.02 Å². The second kappa shape index (κ2) is 6.16. The van der Waals surface area contributed by atoms with Crippen LogP contribution in [0, 0.1) is 0 Å². The van der Waals surface area contributed by atoms with Crippen LogP contribution in [-0.4, -0.2) is 17.1 Å². The summed E-state index contributed by atoms with van der Waals surface area (Å²) in [6, 6.07) is 9.80. The number of hydrogen-bond donors (Lipinski definition) is 2. The minimum absolute atomic E-state index is 0.635. The quantitative estimate of drug-likeness (QED) is 0.758. The zero-order valence-electron chi connectivity index (χ0n) is 11.7. The van der Waals surface area contributed by atoms with Gasteiger partial charge in [-0.1, -0.05) is 17.7 Å². The molecule has 5 heteroatoms. The molecular weight excluding hydrogens is 286 g/mol. The van der Waals surface area contributed by atoms with Crippen molar-refractivity contribution < 1.29 is 4.74 Å². The van der Waals surface area contributed by atoms with E-state index in [2.05, 4.69) is 15.3 Å². The molecule has 0 aliphatic carbocycles. The summed E-state index contributed by atoms with van der Waals surface area (Å²) in [6.07, 6.45) is 3.77. The van der Waals surface area contributed by atoms with Gasteiger partial charge >= 0.3 is 0 Å². The van der Waals surface area contributed by atoms with E-state index in [1.807, 2.05) is 36.5 Å². The largest absolute Gasteiger partial charge is 0.481 e. The Kier molecular flexibility index (Phi) is 4.08. The molecule has 0 aliphatic rings. The number of aromatic amines is 1. The van der Waals surface area contributed by atoms with Crippen molar-refractivity contribution in [1.29, 1.82) is 0 Å². The summed E-state index contributed by atoms with van der Waals surface area (Å²) in [6.45, 7) is 1.55. The van der Waals surface area contributed by atoms with Gasteiger partial charge in [0.25, 0.3) is 0 Å². The highest BCUT2D eigenvalue weighted by Gasteiger charge is 2.04. The first-order valence-electron chi connectivity index (χ1n) is 6.71. The number of H-pyrrole nitrogens is 1. The normalized spacial score (nSPS) is 11.0. The topological polar surface area (TPSA) is 49.9 Å². The van der Waals surface area contributed by atoms with Gasteiger partial charge in [-0.25, -0.2) is 4.98 Å². The van der Waals surface area contributed by atoms with Crippen molar-refractivity contribution in [1.82, 2.24) is 15.3 Å². The molecule has 0 radical (unpaired) electrons. The number of benzene rings is 1. The van der Waals surface area contributed by atoms with Gasteiger partial charge in [-0.15, -0.1) is 0 Å². The number of halogens is 1. The Bertz CT molecular complexity index is 754. The Morgan fingerprint density at radius 1 is 1.24 bits per heavy atom. The third-order valence-electron chi connectivity index (χ3n) is 3.38. The lowest BCUT2D eigenvalue weighted by Crippen LogP contribution is -2.12. The van der Waals surface area contributed by atoms with Crippen molar-refractivity contribution >= 4 is 22.5 Å². The van der Waals surface area contributed by atoms with Crippen LogP contribution in [0.4, 0.5) is 0 Å². The lowest BCUT2D eigenvalue weighted by Gasteiger charge is -2.05. The molecule has 0 spiro atoms. The molecule has 0 saturated carbocycles. The highest BCUT2D eigenvalue weighted by Crippen LogP contribution is 2.22. The molecule has 21 heavy (non-hydrogen) atoms. The summed E-state index contributed by atoms with van der Waals surface area (Å²) < 4.78 is 5.12. The number of aromatic nitrogens is 2. The van der Waals surface area contributed by atoms with Crippen LogP contribution in [0.25, 0.3) is 10.9 Å². The third kappa shape index (κ3) is 3.17. The van der Waals surface area contributed by atoms with E-state index in [1.54, 1.807) is 13.3 Å². The molecule has 0 atom stereocenters. The summed E-state index contributed by atoms with van der Waals surface area (Å²) >= 11 is 5.99. The number of nitrogens with one attached hydrogen (secondary N) is 2. The second-order valence-electron chi connectivity index (χ2n) is 4.81. The molecule has 4 nitrogen and oxygen atoms in total. The maximum Gasteiger partial charge on any atom is 0.213 e. The van der Waals surface area contributed by atoms with Crippen LogP contribution in [-0.2, 0) is 13.1 Å². The van der Waals surface area contributed by atoms with Crippen LogP contribution in [0.3, 0.4) is 0 Å². The monoisotopic (exact) mass is 301 g/mol. The molecule has 2 aromatic heterocycles. The van der Waals surface area contributed by atoms with Gasteiger partial charge in [0.05, 0.1) is 7.11 Å². The van der Waals surface area contributed by atoms with Gasteiger partial charge in [0, 0.05) is 47.5 Å². The predicted molar refractivity (Wildman–Crippen MR) is 84.6 cm³/mol. The Balaban J connectivity index is 1.66. The van der Waals surface area contributed by atoms with Crippen molar-refractivity contribution in [2.45, 2.75) is 13.1 Å². The molecule has 2 heterocycles. The molecule has 2 N–H and O–H groups in total. The van der Waals surface area contributed by atoms with E-state index in [-0.39, 0.29) is 0 Å². The molecule has 0 aliphatic heterocycles. The maximum absolute atomic E-state index is 5.99. The Morgan fingerprint density at radius 2 is 2.14 bits per heavy atom. The van der Waals surface area contributed by atoms with Crippen molar-refractivity contribution in [3.8, 4) is 5.88 Å². The number of methoxy groups -OCH3 is 1. The van der Waals surface area contributed by atoms with Gasteiger partial charge in [-0.2, -0.15) is 0 Å². The molecule has 0 saturated heterocycles. The van der Waals surface area contributed by atoms with Crippen molar-refractivity contribution in [3.05, 3.63) is 58.9 Å². The van der Waals surface area contributed by atoms with Crippen molar-refractivity contribution in [2.75, 3.05) is 7.11 Å². The highest BCUT2D eigenvalue weighted by atomic mass is 35.5. The zero-order valence-corrected chi connectivity index (χ0v) is 12.4. The smallest absolute Gasteiger partial charge is 0.213 e. The van der Waals surface area contributed by atoms with E-state index in [9.17, 15) is 0 Å². The number of rotatable bonds is 5. The molecule has 3 aromatic rings. The SMILES string of the molecule is COc1cc(CNCc2c[nH]c3cc(Cl)ccc23)ccn1. The molecule has 0 fully saturated rings. The molecule has 0 bridgehead atoms. The second-order valence-corrected chi connectivity index (χ2v) is 5.25. The summed E-state index contributed by atoms with van der Waals surface area (Å²) in [4.78, 5) is 7.34. The predicted octanol–water partition coefficient (Wildman–Crippen LogP) is 3.51. The van der Waals surface area contributed by atoms with Gasteiger partial charge in [-0.3, -0.25) is 0 Å². The third-order valence-corrected chi connectivity index (χ3v) is 3.62. The highest BCUT2D eigenvalue weighted by molar-refractivity contribution is 6.31. The zero-order chi connectivity index (χ0) is 14.7. The number of fused-ring (bicyclic) bond motifs is 1. The van der Waals surface area contributed by atoms with E-state index in [1.165, 1.54) is 10.9 Å². The first-order valence-corrected chi connectivity index (χ1v) is 7.09. The van der Waals surface area contributed by atoms with E-state index in [0.717, 1.165) is 29.2 Å². The van der Waals surface area contributed by atoms with Crippen LogP contribution in [0.15, 0.2) is 42.7 Å². The van der Waals surface area contributed by atoms with Gasteiger partial charge in [0.15, 0.2) is 0 Å². The van der Waals surface area contributed by atoms with Crippen LogP contribution < -0.4 is 10.1 Å². The lowest BCUT2D eigenvalue weighted by molar-refractivity contribution is 0.397. The van der Waals surface area contributed by atoms with Gasteiger partial charge in [0.1, 0.15) is 0 Å². The Morgan fingerprint density at radius 3 is 3.00 bits per heavy atom. The summed E-state index contributed by atoms with van der Waals surface area (Å²) in [5.41, 5.74) is 3.43. The number of nitrogens with zero attached hydrogens (tertiary/aromatic N) is 1. The fourth-order valence-electron chi connectivity index (χ4n) is 2.32. The number of hydrogen-bond acceptors (Lipinski definition) is 3. The molecule has 0 unspecified atom stereocenters. The average molecular weight is 302 g/mol. The van der Waals surface area contributed by atoms with Crippen LogP contribution in [0.1, 0.15) is 11.1 Å². The van der Waals surface area contributed by atoms with Crippen molar-refractivity contribution in [3.63, 3.8) is 0 Å². The Hall–Kier alpha value is -2.04. The van der Waals surface area contributed by atoms with Crippen LogP contribution >= 0.6 is 11.6 Å². The lowest BCUT2D eigenvalue weighted by atomic mass is 10.1. The summed E-state index contributed by atoms with van der Waals surface area (Å²) in [5, 5.41) is 5.36. The molecule has 108 valence electrons. The Labute approximate surface area is 128 Å². The maximum atomic E-state index is 5.99. The first-order chi connectivity index (χ1) is 10.3. The van der Waals surface area contributed by atoms with Gasteiger partial charge in [0.2, 0.25) is 5.88 Å². The van der Waals surface area contributed by atoms with E-state index in [4.69, 9.17) is 16.3 Å². The van der Waals surface area contributed by atoms with Gasteiger partial charge in [-0.05, 0) is 29.3 Å². The van der Waals surface area contributed by atoms with E-state index in [0.29, 0.717) is 5.88 Å². The first kappa shape index (κ1) is 13.9. The average Bonchev–Trinajstić information content (AvgIpc) is 2.90. The molecule has 3 rings (SSSR count).